The van der Waals surface area contributed by atoms with Gasteiger partial charge >= 0.3 is 0 Å². The van der Waals surface area contributed by atoms with E-state index in [1.807, 2.05) is 30.9 Å². The first-order valence-electron chi connectivity index (χ1n) is 12.2. The van der Waals surface area contributed by atoms with Crippen molar-refractivity contribution in [3.8, 4) is 0 Å². The fourth-order valence-electron chi connectivity index (χ4n) is 4.82. The summed E-state index contributed by atoms with van der Waals surface area (Å²) < 4.78 is 0. The Morgan fingerprint density at radius 3 is 1.76 bits per heavy atom. The van der Waals surface area contributed by atoms with Crippen molar-refractivity contribution in [3.63, 3.8) is 0 Å². The molecule has 3 rings (SSSR count). The number of aromatic nitrogens is 3. The molecule has 0 radical (unpaired) electrons. The molecule has 3 aromatic rings. The highest BCUT2D eigenvalue weighted by molar-refractivity contribution is 5.26. The van der Waals surface area contributed by atoms with Crippen molar-refractivity contribution in [1.29, 1.82) is 0 Å². The number of pyridine rings is 3. The fourth-order valence-corrected chi connectivity index (χ4v) is 4.82. The molecule has 33 heavy (non-hydrogen) atoms. The van der Waals surface area contributed by atoms with Gasteiger partial charge in [0.25, 0.3) is 0 Å². The van der Waals surface area contributed by atoms with Gasteiger partial charge < -0.3 is 0 Å². The predicted octanol–water partition coefficient (Wildman–Crippen LogP) is 7.08. The standard InChI is InChI=1S/C30H41N3/c1-28(2,3)20-26-15-25(19-29(4,5)17-23-10-13-31-14-11-23)16-27(33-26)21-30(6,7)18-24-9-8-12-32-22-24/h8-16,22H,17-21H2,1-7H3. The summed E-state index contributed by atoms with van der Waals surface area (Å²) in [5.74, 6) is 0. The van der Waals surface area contributed by atoms with Gasteiger partial charge in [-0.05, 0) is 95.4 Å². The van der Waals surface area contributed by atoms with Crippen LogP contribution >= 0.6 is 0 Å². The lowest BCUT2D eigenvalue weighted by Gasteiger charge is -2.28. The maximum atomic E-state index is 5.14. The maximum absolute atomic E-state index is 5.14. The topological polar surface area (TPSA) is 38.7 Å². The Morgan fingerprint density at radius 2 is 1.15 bits per heavy atom. The molecule has 3 aromatic heterocycles. The molecule has 0 aliphatic carbocycles. The quantitative estimate of drug-likeness (QED) is 0.354. The molecule has 3 heteroatoms. The Balaban J connectivity index is 1.84. The van der Waals surface area contributed by atoms with Crippen molar-refractivity contribution >= 4 is 0 Å². The molecular weight excluding hydrogens is 402 g/mol. The molecule has 0 aromatic carbocycles. The molecule has 0 N–H and O–H groups in total. The average molecular weight is 444 g/mol. The van der Waals surface area contributed by atoms with E-state index in [1.54, 1.807) is 0 Å². The van der Waals surface area contributed by atoms with E-state index in [4.69, 9.17) is 4.98 Å². The van der Waals surface area contributed by atoms with Crippen LogP contribution in [0.1, 0.15) is 76.5 Å². The van der Waals surface area contributed by atoms with Crippen molar-refractivity contribution in [2.45, 2.75) is 80.6 Å². The van der Waals surface area contributed by atoms with Crippen LogP contribution < -0.4 is 0 Å². The summed E-state index contributed by atoms with van der Waals surface area (Å²) in [5.41, 5.74) is 6.93. The molecule has 0 fully saturated rings. The second-order valence-electron chi connectivity index (χ2n) is 12.4. The van der Waals surface area contributed by atoms with Crippen molar-refractivity contribution in [2.75, 3.05) is 0 Å². The largest absolute Gasteiger partial charge is 0.265 e. The molecule has 0 bridgehead atoms. The Labute approximate surface area is 201 Å². The summed E-state index contributed by atoms with van der Waals surface area (Å²) in [5, 5.41) is 0. The molecule has 0 amide bonds. The summed E-state index contributed by atoms with van der Waals surface area (Å²) >= 11 is 0. The van der Waals surface area contributed by atoms with Crippen LogP contribution in [0.5, 0.6) is 0 Å². The highest BCUT2D eigenvalue weighted by Gasteiger charge is 2.24. The van der Waals surface area contributed by atoms with Crippen LogP contribution in [0.4, 0.5) is 0 Å². The highest BCUT2D eigenvalue weighted by Crippen LogP contribution is 2.31. The van der Waals surface area contributed by atoms with Gasteiger partial charge in [0.1, 0.15) is 0 Å². The smallest absolute Gasteiger partial charge is 0.0415 e. The first-order chi connectivity index (χ1) is 15.4. The number of hydrogen-bond donors (Lipinski definition) is 0. The minimum absolute atomic E-state index is 0.111. The third kappa shape index (κ3) is 8.72. The summed E-state index contributed by atoms with van der Waals surface area (Å²) in [4.78, 5) is 13.6. The lowest BCUT2D eigenvalue weighted by Crippen LogP contribution is -2.22. The van der Waals surface area contributed by atoms with Crippen molar-refractivity contribution < 1.29 is 0 Å². The van der Waals surface area contributed by atoms with Crippen molar-refractivity contribution in [2.24, 2.45) is 16.2 Å². The zero-order chi connectivity index (χ0) is 24.1. The van der Waals surface area contributed by atoms with E-state index in [0.29, 0.717) is 0 Å². The van der Waals surface area contributed by atoms with Crippen LogP contribution in [0.3, 0.4) is 0 Å². The van der Waals surface area contributed by atoms with Gasteiger partial charge in [0, 0.05) is 36.2 Å². The Hall–Kier alpha value is -2.55. The fraction of sp³-hybridized carbons (Fsp3) is 0.500. The Bertz CT molecular complexity index is 942. The lowest BCUT2D eigenvalue weighted by atomic mass is 9.78. The van der Waals surface area contributed by atoms with E-state index in [2.05, 4.69) is 88.8 Å². The maximum Gasteiger partial charge on any atom is 0.0415 e. The number of nitrogens with zero attached hydrogens (tertiary/aromatic N) is 3. The SMILES string of the molecule is CC(C)(C)Cc1cc(CC(C)(C)Cc2ccncc2)cc(CC(C)(C)Cc2cccnc2)n1. The Kier molecular flexibility index (Phi) is 7.72. The second kappa shape index (κ2) is 10.2. The zero-order valence-corrected chi connectivity index (χ0v) is 21.7. The van der Waals surface area contributed by atoms with Gasteiger partial charge in [-0.25, -0.2) is 0 Å². The van der Waals surface area contributed by atoms with Gasteiger partial charge in [0.2, 0.25) is 0 Å². The molecule has 0 atom stereocenters. The van der Waals surface area contributed by atoms with Crippen LogP contribution in [0.15, 0.2) is 61.2 Å². The van der Waals surface area contributed by atoms with Gasteiger partial charge in [0.05, 0.1) is 0 Å². The first kappa shape index (κ1) is 25.1. The lowest BCUT2D eigenvalue weighted by molar-refractivity contribution is 0.350. The molecule has 3 nitrogen and oxygen atoms in total. The normalized spacial score (nSPS) is 12.7. The van der Waals surface area contributed by atoms with Gasteiger partial charge in [-0.1, -0.05) is 54.5 Å². The molecule has 0 unspecified atom stereocenters. The van der Waals surface area contributed by atoms with Gasteiger partial charge in [-0.2, -0.15) is 0 Å². The Morgan fingerprint density at radius 1 is 0.576 bits per heavy atom. The van der Waals surface area contributed by atoms with Crippen LogP contribution in [-0.2, 0) is 32.1 Å². The average Bonchev–Trinajstić information content (AvgIpc) is 2.66. The third-order valence-electron chi connectivity index (χ3n) is 5.88. The van der Waals surface area contributed by atoms with E-state index >= 15 is 0 Å². The minimum atomic E-state index is 0.111. The van der Waals surface area contributed by atoms with Crippen molar-refractivity contribution in [1.82, 2.24) is 15.0 Å². The van der Waals surface area contributed by atoms with Gasteiger partial charge in [-0.15, -0.1) is 0 Å². The van der Waals surface area contributed by atoms with Crippen LogP contribution in [0, 0.1) is 16.2 Å². The predicted molar refractivity (Wildman–Crippen MR) is 138 cm³/mol. The van der Waals surface area contributed by atoms with E-state index in [0.717, 1.165) is 32.1 Å². The first-order valence-corrected chi connectivity index (χ1v) is 12.2. The van der Waals surface area contributed by atoms with Crippen LogP contribution in [-0.4, -0.2) is 15.0 Å². The molecule has 0 aliphatic heterocycles. The van der Waals surface area contributed by atoms with E-state index in [-0.39, 0.29) is 16.2 Å². The summed E-state index contributed by atoms with van der Waals surface area (Å²) in [6, 6.07) is 13.2. The van der Waals surface area contributed by atoms with Crippen LogP contribution in [0.25, 0.3) is 0 Å². The van der Waals surface area contributed by atoms with Gasteiger partial charge in [0.15, 0.2) is 0 Å². The monoisotopic (exact) mass is 443 g/mol. The second-order valence-corrected chi connectivity index (χ2v) is 12.4. The molecule has 176 valence electrons. The number of hydrogen-bond acceptors (Lipinski definition) is 3. The summed E-state index contributed by atoms with van der Waals surface area (Å²) in [6.07, 6.45) is 12.6. The molecule has 3 heterocycles. The minimum Gasteiger partial charge on any atom is -0.265 e. The van der Waals surface area contributed by atoms with Crippen molar-refractivity contribution in [3.05, 3.63) is 89.3 Å². The molecule has 0 saturated heterocycles. The molecule has 0 saturated carbocycles. The van der Waals surface area contributed by atoms with Crippen LogP contribution in [0.2, 0.25) is 0 Å². The molecule has 0 spiro atoms. The number of rotatable bonds is 9. The van der Waals surface area contributed by atoms with E-state index < -0.39 is 0 Å². The van der Waals surface area contributed by atoms with E-state index in [9.17, 15) is 0 Å². The molecule has 0 aliphatic rings. The third-order valence-corrected chi connectivity index (χ3v) is 5.88. The molecular formula is C30H41N3. The zero-order valence-electron chi connectivity index (χ0n) is 21.7. The highest BCUT2D eigenvalue weighted by atomic mass is 14.7. The van der Waals surface area contributed by atoms with E-state index in [1.165, 1.54) is 28.1 Å². The van der Waals surface area contributed by atoms with Gasteiger partial charge in [-0.3, -0.25) is 15.0 Å². The summed E-state index contributed by atoms with van der Waals surface area (Å²) in [7, 11) is 0. The summed E-state index contributed by atoms with van der Waals surface area (Å²) in [6.45, 7) is 16.3.